The first kappa shape index (κ1) is 15.5. The van der Waals surface area contributed by atoms with E-state index in [-0.39, 0.29) is 17.5 Å². The van der Waals surface area contributed by atoms with Crippen LogP contribution in [0.5, 0.6) is 0 Å². The van der Waals surface area contributed by atoms with Crippen molar-refractivity contribution in [2.24, 2.45) is 5.92 Å². The van der Waals surface area contributed by atoms with Crippen LogP contribution in [0.3, 0.4) is 0 Å². The number of fused-ring (bicyclic) bond motifs is 1. The first-order chi connectivity index (χ1) is 9.88. The van der Waals surface area contributed by atoms with Crippen molar-refractivity contribution in [3.63, 3.8) is 0 Å². The van der Waals surface area contributed by atoms with E-state index in [1.807, 2.05) is 0 Å². The monoisotopic (exact) mass is 306 g/mol. The molecule has 0 spiro atoms. The van der Waals surface area contributed by atoms with Crippen molar-refractivity contribution in [3.8, 4) is 6.07 Å². The second-order valence-corrected chi connectivity index (χ2v) is 7.29. The number of carbonyl (C=O) groups is 1. The predicted molar refractivity (Wildman–Crippen MR) is 80.4 cm³/mol. The Kier molecular flexibility index (Phi) is 4.33. The molecule has 112 valence electrons. The highest BCUT2D eigenvalue weighted by molar-refractivity contribution is 7.92. The smallest absolute Gasteiger partial charge is 0.232 e. The lowest BCUT2D eigenvalue weighted by Gasteiger charge is -2.26. The number of nitrogens with one attached hydrogen (secondary N) is 1. The average Bonchev–Trinajstić information content (AvgIpc) is 2.46. The summed E-state index contributed by atoms with van der Waals surface area (Å²) in [4.78, 5) is 12.1. The molecule has 0 radical (unpaired) electrons. The molecule has 2 rings (SSSR count). The summed E-state index contributed by atoms with van der Waals surface area (Å²) < 4.78 is 25.7. The largest absolute Gasteiger partial charge is 0.299 e. The fourth-order valence-corrected chi connectivity index (χ4v) is 3.28. The molecule has 0 bridgehead atoms. The topological polar surface area (TPSA) is 87.0 Å². The Labute approximate surface area is 125 Å². The van der Waals surface area contributed by atoms with Crippen LogP contribution in [0.2, 0.25) is 0 Å². The molecule has 5 nitrogen and oxygen atoms in total. The van der Waals surface area contributed by atoms with Crippen LogP contribution in [-0.4, -0.2) is 20.0 Å². The lowest BCUT2D eigenvalue weighted by atomic mass is 9.76. The standard InChI is InChI=1S/C15H18N2O3S/c1-3-21(19,20)17-12-5-6-13-11(8-12)4-7-14(18)15(13)10(2)9-16/h5-6,8,10,15,17H,3-4,7H2,1-2H3/t10-,15+/m1/s1. The molecule has 1 aliphatic rings. The number of nitrogens with zero attached hydrogens (tertiary/aromatic N) is 1. The molecular formula is C15H18N2O3S. The number of rotatable bonds is 4. The normalized spacial score (nSPS) is 19.5. The fraction of sp³-hybridized carbons (Fsp3) is 0.467. The summed E-state index contributed by atoms with van der Waals surface area (Å²) in [7, 11) is -3.31. The van der Waals surface area contributed by atoms with Gasteiger partial charge in [-0.05, 0) is 43.5 Å². The van der Waals surface area contributed by atoms with Crippen LogP contribution in [0.1, 0.15) is 37.3 Å². The van der Waals surface area contributed by atoms with Gasteiger partial charge in [-0.25, -0.2) is 8.42 Å². The SMILES string of the molecule is CCS(=O)(=O)Nc1ccc2c(c1)CCC(=O)[C@H]2[C@H](C)C#N. The minimum atomic E-state index is -3.31. The van der Waals surface area contributed by atoms with Gasteiger partial charge < -0.3 is 0 Å². The van der Waals surface area contributed by atoms with Crippen molar-refractivity contribution < 1.29 is 13.2 Å². The van der Waals surface area contributed by atoms with Crippen molar-refractivity contribution in [3.05, 3.63) is 29.3 Å². The number of anilines is 1. The molecule has 0 saturated heterocycles. The van der Waals surface area contributed by atoms with E-state index in [1.165, 1.54) is 0 Å². The second-order valence-electron chi connectivity index (χ2n) is 5.28. The Balaban J connectivity index is 2.38. The second kappa shape index (κ2) is 5.86. The van der Waals surface area contributed by atoms with Gasteiger partial charge in [-0.1, -0.05) is 6.07 Å². The van der Waals surface area contributed by atoms with Gasteiger partial charge in [0, 0.05) is 12.1 Å². The minimum absolute atomic E-state index is 0.0106. The van der Waals surface area contributed by atoms with Crippen LogP contribution in [0, 0.1) is 17.2 Å². The summed E-state index contributed by atoms with van der Waals surface area (Å²) in [5, 5.41) is 9.08. The Morgan fingerprint density at radius 2 is 2.14 bits per heavy atom. The maximum Gasteiger partial charge on any atom is 0.232 e. The Morgan fingerprint density at radius 1 is 1.43 bits per heavy atom. The number of sulfonamides is 1. The van der Waals surface area contributed by atoms with Crippen LogP contribution in [0.4, 0.5) is 5.69 Å². The van der Waals surface area contributed by atoms with Gasteiger partial charge in [0.15, 0.2) is 0 Å². The number of nitriles is 1. The van der Waals surface area contributed by atoms with Gasteiger partial charge in [-0.3, -0.25) is 9.52 Å². The van der Waals surface area contributed by atoms with Gasteiger partial charge >= 0.3 is 0 Å². The summed E-state index contributed by atoms with van der Waals surface area (Å²) >= 11 is 0. The van der Waals surface area contributed by atoms with Crippen LogP contribution < -0.4 is 4.72 Å². The van der Waals surface area contributed by atoms with Gasteiger partial charge in [0.25, 0.3) is 0 Å². The molecule has 0 saturated carbocycles. The highest BCUT2D eigenvalue weighted by atomic mass is 32.2. The van der Waals surface area contributed by atoms with Crippen LogP contribution in [-0.2, 0) is 21.2 Å². The highest BCUT2D eigenvalue weighted by Gasteiger charge is 2.32. The van der Waals surface area contributed by atoms with Crippen LogP contribution >= 0.6 is 0 Å². The molecule has 1 aromatic carbocycles. The molecule has 0 unspecified atom stereocenters. The molecule has 1 aromatic rings. The quantitative estimate of drug-likeness (QED) is 0.924. The summed E-state index contributed by atoms with van der Waals surface area (Å²) in [6, 6.07) is 7.32. The van der Waals surface area contributed by atoms with E-state index < -0.39 is 15.9 Å². The number of ketones is 1. The van der Waals surface area contributed by atoms with E-state index >= 15 is 0 Å². The van der Waals surface area contributed by atoms with E-state index in [0.29, 0.717) is 18.5 Å². The number of benzene rings is 1. The zero-order chi connectivity index (χ0) is 15.6. The zero-order valence-electron chi connectivity index (χ0n) is 12.1. The van der Waals surface area contributed by atoms with Crippen molar-refractivity contribution in [1.29, 1.82) is 5.26 Å². The Hall–Kier alpha value is -1.87. The van der Waals surface area contributed by atoms with Gasteiger partial charge in [0.1, 0.15) is 5.78 Å². The molecule has 6 heteroatoms. The number of Topliss-reactive ketones (excluding diaryl/α,β-unsaturated/α-hetero) is 1. The van der Waals surface area contributed by atoms with E-state index in [4.69, 9.17) is 5.26 Å². The minimum Gasteiger partial charge on any atom is -0.299 e. The maximum absolute atomic E-state index is 12.1. The van der Waals surface area contributed by atoms with E-state index in [0.717, 1.165) is 11.1 Å². The first-order valence-corrected chi connectivity index (χ1v) is 8.59. The van der Waals surface area contributed by atoms with Gasteiger partial charge in [-0.15, -0.1) is 0 Å². The first-order valence-electron chi connectivity index (χ1n) is 6.93. The van der Waals surface area contributed by atoms with Crippen molar-refractivity contribution in [2.45, 2.75) is 32.6 Å². The van der Waals surface area contributed by atoms with Crippen molar-refractivity contribution in [1.82, 2.24) is 0 Å². The molecule has 2 atom stereocenters. The number of hydrogen-bond donors (Lipinski definition) is 1. The predicted octanol–water partition coefficient (Wildman–Crippen LogP) is 2.21. The van der Waals surface area contributed by atoms with Crippen molar-refractivity contribution >= 4 is 21.5 Å². The summed E-state index contributed by atoms with van der Waals surface area (Å²) in [5.74, 6) is -0.694. The molecule has 1 N–H and O–H groups in total. The van der Waals surface area contributed by atoms with Gasteiger partial charge in [-0.2, -0.15) is 5.26 Å². The van der Waals surface area contributed by atoms with Gasteiger partial charge in [0.2, 0.25) is 10.0 Å². The molecule has 21 heavy (non-hydrogen) atoms. The third-order valence-corrected chi connectivity index (χ3v) is 5.13. The highest BCUT2D eigenvalue weighted by Crippen LogP contribution is 2.35. The lowest BCUT2D eigenvalue weighted by molar-refractivity contribution is -0.121. The fourth-order valence-electron chi connectivity index (χ4n) is 2.65. The number of aryl methyl sites for hydroxylation is 1. The lowest BCUT2D eigenvalue weighted by Crippen LogP contribution is -2.25. The third kappa shape index (κ3) is 3.24. The van der Waals surface area contributed by atoms with Crippen LogP contribution in [0.15, 0.2) is 18.2 Å². The third-order valence-electron chi connectivity index (χ3n) is 3.82. The molecule has 0 fully saturated rings. The maximum atomic E-state index is 12.1. The van der Waals surface area contributed by atoms with Crippen molar-refractivity contribution in [2.75, 3.05) is 10.5 Å². The molecular weight excluding hydrogens is 288 g/mol. The van der Waals surface area contributed by atoms with Gasteiger partial charge in [0.05, 0.1) is 23.7 Å². The Morgan fingerprint density at radius 3 is 2.76 bits per heavy atom. The summed E-state index contributed by atoms with van der Waals surface area (Å²) in [6.45, 7) is 3.31. The number of carbonyl (C=O) groups excluding carboxylic acids is 1. The van der Waals surface area contributed by atoms with E-state index in [9.17, 15) is 13.2 Å². The summed E-state index contributed by atoms with van der Waals surface area (Å²) in [5.41, 5.74) is 2.30. The molecule has 0 aromatic heterocycles. The number of hydrogen-bond acceptors (Lipinski definition) is 4. The average molecular weight is 306 g/mol. The summed E-state index contributed by atoms with van der Waals surface area (Å²) in [6.07, 6.45) is 0.984. The molecule has 0 aliphatic heterocycles. The van der Waals surface area contributed by atoms with E-state index in [1.54, 1.807) is 32.0 Å². The van der Waals surface area contributed by atoms with E-state index in [2.05, 4.69) is 10.8 Å². The van der Waals surface area contributed by atoms with Crippen LogP contribution in [0.25, 0.3) is 0 Å². The Bertz CT molecular complexity index is 704. The molecule has 0 heterocycles. The molecule has 0 amide bonds. The molecule has 1 aliphatic carbocycles. The zero-order valence-corrected chi connectivity index (χ0v) is 12.9.